The van der Waals surface area contributed by atoms with Crippen molar-refractivity contribution in [1.29, 1.82) is 0 Å². The zero-order valence-corrected chi connectivity index (χ0v) is 5.11. The van der Waals surface area contributed by atoms with Crippen molar-refractivity contribution in [3.63, 3.8) is 0 Å². The first-order chi connectivity index (χ1) is 4.22. The van der Waals surface area contributed by atoms with Crippen LogP contribution in [0.3, 0.4) is 0 Å². The van der Waals surface area contributed by atoms with Crippen LogP contribution in [0.25, 0.3) is 0 Å². The Morgan fingerprint density at radius 1 is 1.78 bits per heavy atom. The maximum Gasteiger partial charge on any atom is 0.282 e. The summed E-state index contributed by atoms with van der Waals surface area (Å²) in [5, 5.41) is 0. The molecule has 1 heterocycles. The number of halogens is 1. The third-order valence-electron chi connectivity index (χ3n) is 0.805. The highest BCUT2D eigenvalue weighted by Crippen LogP contribution is 1.78. The standard InChI is InChI=1S/C4H3FN2OS/c5-7-3(8)1-2-6-4(7)9/h1-2H,(H,6,9). The van der Waals surface area contributed by atoms with Crippen LogP contribution < -0.4 is 5.56 Å². The van der Waals surface area contributed by atoms with E-state index in [1.807, 2.05) is 0 Å². The van der Waals surface area contributed by atoms with Crippen LogP contribution in [-0.4, -0.2) is 9.77 Å². The zero-order chi connectivity index (χ0) is 6.85. The van der Waals surface area contributed by atoms with Gasteiger partial charge in [-0.05, 0) is 12.2 Å². The van der Waals surface area contributed by atoms with Crippen molar-refractivity contribution in [2.45, 2.75) is 0 Å². The molecule has 0 spiro atoms. The maximum atomic E-state index is 12.2. The number of H-pyrrole nitrogens is 1. The topological polar surface area (TPSA) is 37.8 Å². The van der Waals surface area contributed by atoms with Crippen molar-refractivity contribution in [3.8, 4) is 0 Å². The molecule has 0 fully saturated rings. The van der Waals surface area contributed by atoms with Gasteiger partial charge in [0, 0.05) is 12.3 Å². The molecule has 0 radical (unpaired) electrons. The lowest BCUT2D eigenvalue weighted by atomic mass is 10.7. The summed E-state index contributed by atoms with van der Waals surface area (Å²) in [5.74, 6) is 0. The van der Waals surface area contributed by atoms with Gasteiger partial charge in [-0.15, -0.1) is 4.79 Å². The summed E-state index contributed by atoms with van der Waals surface area (Å²) in [7, 11) is 0. The van der Waals surface area contributed by atoms with Gasteiger partial charge in [0.15, 0.2) is 0 Å². The molecule has 0 unspecified atom stereocenters. The average Bonchev–Trinajstić information content (AvgIpc) is 1.83. The van der Waals surface area contributed by atoms with Crippen molar-refractivity contribution < 1.29 is 4.48 Å². The molecule has 0 aliphatic heterocycles. The molecular formula is C4H3FN2OS. The molecule has 5 heteroatoms. The average molecular weight is 146 g/mol. The molecule has 1 aromatic rings. The molecular weight excluding hydrogens is 143 g/mol. The normalized spacial score (nSPS) is 9.44. The van der Waals surface area contributed by atoms with Gasteiger partial charge < -0.3 is 4.98 Å². The van der Waals surface area contributed by atoms with Crippen molar-refractivity contribution >= 4 is 12.2 Å². The molecule has 0 aliphatic rings. The molecule has 1 N–H and O–H groups in total. The molecule has 0 aliphatic carbocycles. The second-order valence-electron chi connectivity index (χ2n) is 1.40. The largest absolute Gasteiger partial charge is 0.337 e. The molecule has 0 bridgehead atoms. The van der Waals surface area contributed by atoms with E-state index in [-0.39, 0.29) is 9.56 Å². The maximum absolute atomic E-state index is 12.2. The second kappa shape index (κ2) is 2.10. The lowest BCUT2D eigenvalue weighted by Crippen LogP contribution is -2.12. The molecule has 0 saturated carbocycles. The molecule has 1 aromatic heterocycles. The highest BCUT2D eigenvalue weighted by Gasteiger charge is 1.89. The van der Waals surface area contributed by atoms with Crippen molar-refractivity contribution in [2.75, 3.05) is 0 Å². The van der Waals surface area contributed by atoms with Crippen LogP contribution in [0.15, 0.2) is 17.1 Å². The van der Waals surface area contributed by atoms with Crippen molar-refractivity contribution in [1.82, 2.24) is 9.77 Å². The van der Waals surface area contributed by atoms with Gasteiger partial charge in [-0.2, -0.15) is 0 Å². The van der Waals surface area contributed by atoms with Gasteiger partial charge in [0.25, 0.3) is 5.56 Å². The molecule has 1 rings (SSSR count). The fourth-order valence-electron chi connectivity index (χ4n) is 0.406. The molecule has 48 valence electrons. The first kappa shape index (κ1) is 6.15. The van der Waals surface area contributed by atoms with Gasteiger partial charge in [0.1, 0.15) is 0 Å². The van der Waals surface area contributed by atoms with Gasteiger partial charge >= 0.3 is 0 Å². The van der Waals surface area contributed by atoms with E-state index in [1.54, 1.807) is 0 Å². The molecule has 0 amide bonds. The van der Waals surface area contributed by atoms with E-state index in [1.165, 1.54) is 6.20 Å². The minimum absolute atomic E-state index is 0.130. The monoisotopic (exact) mass is 146 g/mol. The zero-order valence-electron chi connectivity index (χ0n) is 4.30. The third kappa shape index (κ3) is 1.05. The number of hydrogen-bond donors (Lipinski definition) is 1. The number of rotatable bonds is 0. The Labute approximate surface area is 54.7 Å². The van der Waals surface area contributed by atoms with Crippen LogP contribution in [0, 0.1) is 4.77 Å². The van der Waals surface area contributed by atoms with Crippen LogP contribution in [0.2, 0.25) is 0 Å². The minimum atomic E-state index is -0.751. The first-order valence-electron chi connectivity index (χ1n) is 2.19. The summed E-state index contributed by atoms with van der Waals surface area (Å²) in [5.41, 5.74) is -0.751. The predicted molar refractivity (Wildman–Crippen MR) is 32.4 cm³/mol. The Bertz CT molecular complexity index is 287. The first-order valence-corrected chi connectivity index (χ1v) is 2.59. The third-order valence-corrected chi connectivity index (χ3v) is 1.08. The van der Waals surface area contributed by atoms with E-state index >= 15 is 0 Å². The smallest absolute Gasteiger partial charge is 0.282 e. The number of aromatic nitrogens is 2. The Balaban J connectivity index is 3.62. The summed E-state index contributed by atoms with van der Waals surface area (Å²) in [6.07, 6.45) is 1.29. The van der Waals surface area contributed by atoms with Crippen molar-refractivity contribution in [3.05, 3.63) is 27.4 Å². The van der Waals surface area contributed by atoms with Gasteiger partial charge in [-0.3, -0.25) is 4.79 Å². The Kier molecular flexibility index (Phi) is 1.44. The highest BCUT2D eigenvalue weighted by atomic mass is 32.1. The Hall–Kier alpha value is -0.970. The van der Waals surface area contributed by atoms with Crippen LogP contribution in [-0.2, 0) is 0 Å². The summed E-state index contributed by atoms with van der Waals surface area (Å²) < 4.78 is 12.0. The van der Waals surface area contributed by atoms with Gasteiger partial charge in [-0.25, -0.2) is 0 Å². The fourth-order valence-corrected chi connectivity index (χ4v) is 0.564. The summed E-state index contributed by atoms with van der Waals surface area (Å²) in [6.45, 7) is 0. The van der Waals surface area contributed by atoms with Crippen LogP contribution in [0.1, 0.15) is 0 Å². The molecule has 0 aromatic carbocycles. The van der Waals surface area contributed by atoms with E-state index in [9.17, 15) is 9.28 Å². The van der Waals surface area contributed by atoms with Gasteiger partial charge in [-0.1, -0.05) is 4.48 Å². The Morgan fingerprint density at radius 2 is 2.44 bits per heavy atom. The van der Waals surface area contributed by atoms with Crippen LogP contribution in [0.4, 0.5) is 4.48 Å². The number of nitrogens with zero attached hydrogens (tertiary/aromatic N) is 1. The Morgan fingerprint density at radius 3 is 2.89 bits per heavy atom. The molecule has 0 atom stereocenters. The quantitative estimate of drug-likeness (QED) is 0.545. The highest BCUT2D eigenvalue weighted by molar-refractivity contribution is 7.71. The molecule has 9 heavy (non-hydrogen) atoms. The van der Waals surface area contributed by atoms with Gasteiger partial charge in [0.2, 0.25) is 4.77 Å². The SMILES string of the molecule is O=c1cc[nH]c(=S)n1F. The molecule has 0 saturated heterocycles. The summed E-state index contributed by atoms with van der Waals surface area (Å²) in [4.78, 5) is 12.6. The number of aromatic amines is 1. The lowest BCUT2D eigenvalue weighted by molar-refractivity contribution is 0.339. The van der Waals surface area contributed by atoms with E-state index in [0.717, 1.165) is 6.07 Å². The second-order valence-corrected chi connectivity index (χ2v) is 1.79. The minimum Gasteiger partial charge on any atom is -0.337 e. The lowest BCUT2D eigenvalue weighted by Gasteiger charge is -1.86. The predicted octanol–water partition coefficient (Wildman–Crippen LogP) is 0.638. The van der Waals surface area contributed by atoms with Crippen molar-refractivity contribution in [2.24, 2.45) is 0 Å². The van der Waals surface area contributed by atoms with Crippen LogP contribution >= 0.6 is 12.2 Å². The van der Waals surface area contributed by atoms with E-state index < -0.39 is 5.56 Å². The van der Waals surface area contributed by atoms with Gasteiger partial charge in [0.05, 0.1) is 0 Å². The van der Waals surface area contributed by atoms with E-state index in [2.05, 4.69) is 17.2 Å². The molecule has 3 nitrogen and oxygen atoms in total. The van der Waals surface area contributed by atoms with E-state index in [0.29, 0.717) is 0 Å². The number of nitrogens with one attached hydrogen (secondary N) is 1. The van der Waals surface area contributed by atoms with Crippen LogP contribution in [0.5, 0.6) is 0 Å². The fraction of sp³-hybridized carbons (Fsp3) is 0. The summed E-state index contributed by atoms with van der Waals surface area (Å²) >= 11 is 4.37. The summed E-state index contributed by atoms with van der Waals surface area (Å²) in [6, 6.07) is 1.05. The number of hydrogen-bond acceptors (Lipinski definition) is 2. The van der Waals surface area contributed by atoms with E-state index in [4.69, 9.17) is 0 Å².